The van der Waals surface area contributed by atoms with E-state index in [1.165, 1.54) is 62.6 Å². The van der Waals surface area contributed by atoms with Gasteiger partial charge in [-0.25, -0.2) is 12.7 Å². The van der Waals surface area contributed by atoms with E-state index in [4.69, 9.17) is 16.3 Å². The first-order chi connectivity index (χ1) is 15.6. The maximum absolute atomic E-state index is 12.5. The van der Waals surface area contributed by atoms with Crippen LogP contribution in [0.1, 0.15) is 15.9 Å². The molecule has 0 aliphatic heterocycles. The number of sulfonamides is 1. The van der Waals surface area contributed by atoms with E-state index in [0.29, 0.717) is 16.9 Å². The first-order valence-electron chi connectivity index (χ1n) is 9.60. The Morgan fingerprint density at radius 3 is 2.39 bits per heavy atom. The molecule has 3 aromatic rings. The van der Waals surface area contributed by atoms with Crippen molar-refractivity contribution in [2.75, 3.05) is 14.1 Å². The number of nitrogens with zero attached hydrogens (tertiary/aromatic N) is 2. The van der Waals surface area contributed by atoms with Crippen molar-refractivity contribution in [2.24, 2.45) is 0 Å². The summed E-state index contributed by atoms with van der Waals surface area (Å²) in [5, 5.41) is 14.1. The number of nitrogens with one attached hydrogen (secondary N) is 1. The van der Waals surface area contributed by atoms with E-state index in [9.17, 15) is 23.3 Å². The molecule has 3 aromatic carbocycles. The van der Waals surface area contributed by atoms with Crippen LogP contribution in [0.5, 0.6) is 11.5 Å². The summed E-state index contributed by atoms with van der Waals surface area (Å²) in [6.45, 7) is 0.0112. The minimum atomic E-state index is -3.66. The predicted octanol–water partition coefficient (Wildman–Crippen LogP) is 4.22. The minimum Gasteiger partial charge on any atom is -0.450 e. The van der Waals surface area contributed by atoms with Gasteiger partial charge in [0.1, 0.15) is 5.75 Å². The van der Waals surface area contributed by atoms with E-state index in [2.05, 4.69) is 5.32 Å². The standard InChI is InChI=1S/C22H20ClN3O6S/c1-25(2)33(30,31)21-6-4-3-5-16(21)14-24-22(27)15-7-10-18(11-8-15)32-20-12-9-17(23)13-19(20)26(28)29/h3-13H,14H2,1-2H3,(H,24,27). The topological polar surface area (TPSA) is 119 Å². The van der Waals surface area contributed by atoms with Crippen LogP contribution in [-0.4, -0.2) is 37.6 Å². The molecule has 0 fully saturated rings. The highest BCUT2D eigenvalue weighted by atomic mass is 35.5. The third-order valence-electron chi connectivity index (χ3n) is 4.63. The van der Waals surface area contributed by atoms with Crippen LogP contribution in [0.3, 0.4) is 0 Å². The molecular formula is C22H20ClN3O6S. The smallest absolute Gasteiger partial charge is 0.313 e. The SMILES string of the molecule is CN(C)S(=O)(=O)c1ccccc1CNC(=O)c1ccc(Oc2ccc(Cl)cc2[N+](=O)[O-])cc1. The van der Waals surface area contributed by atoms with Crippen LogP contribution < -0.4 is 10.1 Å². The molecule has 0 atom stereocenters. The number of nitro groups is 1. The number of carbonyl (C=O) groups is 1. The Labute approximate surface area is 195 Å². The van der Waals surface area contributed by atoms with Gasteiger partial charge in [0.05, 0.1) is 9.82 Å². The van der Waals surface area contributed by atoms with Gasteiger partial charge < -0.3 is 10.1 Å². The molecule has 172 valence electrons. The van der Waals surface area contributed by atoms with Crippen LogP contribution in [0, 0.1) is 10.1 Å². The predicted molar refractivity (Wildman–Crippen MR) is 123 cm³/mol. The van der Waals surface area contributed by atoms with Crippen LogP contribution in [0.25, 0.3) is 0 Å². The molecule has 0 aromatic heterocycles. The average molecular weight is 490 g/mol. The number of ether oxygens (including phenoxy) is 1. The van der Waals surface area contributed by atoms with Crippen molar-refractivity contribution >= 4 is 33.2 Å². The van der Waals surface area contributed by atoms with Gasteiger partial charge in [-0.2, -0.15) is 0 Å². The Morgan fingerprint density at radius 2 is 1.76 bits per heavy atom. The number of carbonyl (C=O) groups excluding carboxylic acids is 1. The number of hydrogen-bond donors (Lipinski definition) is 1. The Balaban J connectivity index is 1.71. The lowest BCUT2D eigenvalue weighted by Crippen LogP contribution is -2.27. The fourth-order valence-corrected chi connectivity index (χ4v) is 4.18. The summed E-state index contributed by atoms with van der Waals surface area (Å²) < 4.78 is 31.6. The van der Waals surface area contributed by atoms with Crippen molar-refractivity contribution in [1.82, 2.24) is 9.62 Å². The monoisotopic (exact) mass is 489 g/mol. The maximum Gasteiger partial charge on any atom is 0.313 e. The molecule has 0 radical (unpaired) electrons. The highest BCUT2D eigenvalue weighted by Gasteiger charge is 2.21. The molecule has 1 N–H and O–H groups in total. The molecule has 0 heterocycles. The Kier molecular flexibility index (Phi) is 7.32. The molecule has 0 saturated carbocycles. The van der Waals surface area contributed by atoms with Crippen LogP contribution in [0.2, 0.25) is 5.02 Å². The van der Waals surface area contributed by atoms with Gasteiger partial charge in [0.2, 0.25) is 15.8 Å². The Morgan fingerprint density at radius 1 is 1.09 bits per heavy atom. The lowest BCUT2D eigenvalue weighted by molar-refractivity contribution is -0.385. The van der Waals surface area contributed by atoms with Crippen molar-refractivity contribution in [3.05, 3.63) is 93.0 Å². The lowest BCUT2D eigenvalue weighted by Gasteiger charge is -2.15. The zero-order valence-electron chi connectivity index (χ0n) is 17.7. The molecule has 0 aliphatic rings. The quantitative estimate of drug-likeness (QED) is 0.373. The molecule has 0 saturated heterocycles. The zero-order chi connectivity index (χ0) is 24.2. The van der Waals surface area contributed by atoms with E-state index in [0.717, 1.165) is 4.31 Å². The Bertz CT molecular complexity index is 1290. The number of hydrogen-bond acceptors (Lipinski definition) is 6. The third kappa shape index (κ3) is 5.67. The highest BCUT2D eigenvalue weighted by molar-refractivity contribution is 7.89. The van der Waals surface area contributed by atoms with E-state index in [1.807, 2.05) is 0 Å². The van der Waals surface area contributed by atoms with Crippen molar-refractivity contribution < 1.29 is 22.9 Å². The summed E-state index contributed by atoms with van der Waals surface area (Å²) in [4.78, 5) is 23.3. The minimum absolute atomic E-state index is 0.0112. The van der Waals surface area contributed by atoms with Crippen molar-refractivity contribution in [1.29, 1.82) is 0 Å². The van der Waals surface area contributed by atoms with Crippen LogP contribution in [0.15, 0.2) is 71.6 Å². The lowest BCUT2D eigenvalue weighted by atomic mass is 10.2. The molecule has 0 unspecified atom stereocenters. The fraction of sp³-hybridized carbons (Fsp3) is 0.136. The van der Waals surface area contributed by atoms with E-state index < -0.39 is 20.9 Å². The van der Waals surface area contributed by atoms with Gasteiger partial charge in [-0.1, -0.05) is 29.8 Å². The normalized spacial score (nSPS) is 11.3. The summed E-state index contributed by atoms with van der Waals surface area (Å²) in [5.41, 5.74) is 0.478. The van der Waals surface area contributed by atoms with E-state index in [-0.39, 0.29) is 27.9 Å². The van der Waals surface area contributed by atoms with Crippen molar-refractivity contribution in [3.8, 4) is 11.5 Å². The molecule has 11 heteroatoms. The zero-order valence-corrected chi connectivity index (χ0v) is 19.3. The summed E-state index contributed by atoms with van der Waals surface area (Å²) in [7, 11) is -0.784. The third-order valence-corrected chi connectivity index (χ3v) is 6.78. The second-order valence-corrected chi connectivity index (χ2v) is 9.63. The van der Waals surface area contributed by atoms with E-state index >= 15 is 0 Å². The first kappa shape index (κ1) is 24.2. The molecule has 0 aliphatic carbocycles. The number of rotatable bonds is 8. The second-order valence-electron chi connectivity index (χ2n) is 7.07. The summed E-state index contributed by atoms with van der Waals surface area (Å²) in [6.07, 6.45) is 0. The van der Waals surface area contributed by atoms with Crippen LogP contribution in [-0.2, 0) is 16.6 Å². The molecule has 0 spiro atoms. The van der Waals surface area contributed by atoms with Crippen LogP contribution in [0.4, 0.5) is 5.69 Å². The highest BCUT2D eigenvalue weighted by Crippen LogP contribution is 2.33. The maximum atomic E-state index is 12.5. The largest absolute Gasteiger partial charge is 0.450 e. The average Bonchev–Trinajstić information content (AvgIpc) is 2.79. The molecule has 0 bridgehead atoms. The van der Waals surface area contributed by atoms with Gasteiger partial charge in [-0.05, 0) is 48.0 Å². The first-order valence-corrected chi connectivity index (χ1v) is 11.4. The Hall–Kier alpha value is -3.47. The van der Waals surface area contributed by atoms with Crippen molar-refractivity contribution in [3.63, 3.8) is 0 Å². The van der Waals surface area contributed by atoms with Crippen molar-refractivity contribution in [2.45, 2.75) is 11.4 Å². The van der Waals surface area contributed by atoms with Gasteiger partial charge in [0, 0.05) is 37.3 Å². The van der Waals surface area contributed by atoms with E-state index in [1.54, 1.807) is 18.2 Å². The molecule has 33 heavy (non-hydrogen) atoms. The number of amides is 1. The molecule has 1 amide bonds. The fourth-order valence-electron chi connectivity index (χ4n) is 2.90. The van der Waals surface area contributed by atoms with Crippen LogP contribution >= 0.6 is 11.6 Å². The number of benzene rings is 3. The second kappa shape index (κ2) is 9.99. The van der Waals surface area contributed by atoms with Gasteiger partial charge in [0.15, 0.2) is 0 Å². The number of nitro benzene ring substituents is 1. The van der Waals surface area contributed by atoms with Gasteiger partial charge in [-0.3, -0.25) is 14.9 Å². The summed E-state index contributed by atoms with van der Waals surface area (Å²) >= 11 is 5.80. The van der Waals surface area contributed by atoms with Gasteiger partial charge in [-0.15, -0.1) is 0 Å². The molecule has 9 nitrogen and oxygen atoms in total. The van der Waals surface area contributed by atoms with Gasteiger partial charge in [0.25, 0.3) is 5.91 Å². The molecular weight excluding hydrogens is 470 g/mol. The number of halogens is 1. The summed E-state index contributed by atoms with van der Waals surface area (Å²) in [6, 6.07) is 16.5. The summed E-state index contributed by atoms with van der Waals surface area (Å²) in [5.74, 6) is -0.115. The van der Waals surface area contributed by atoms with Gasteiger partial charge >= 0.3 is 5.69 Å². The molecule has 3 rings (SSSR count).